The molecule has 2 atom stereocenters. The number of carbonyl (C=O) groups is 1. The second-order valence-electron chi connectivity index (χ2n) is 4.49. The highest BCUT2D eigenvalue weighted by atomic mass is 16.5. The van der Waals surface area contributed by atoms with Gasteiger partial charge in [0.05, 0.1) is 12.3 Å². The highest BCUT2D eigenvalue weighted by Crippen LogP contribution is 2.25. The number of hydrogen-bond donors (Lipinski definition) is 2. The van der Waals surface area contributed by atoms with Gasteiger partial charge in [0.25, 0.3) is 0 Å². The van der Waals surface area contributed by atoms with Gasteiger partial charge in [-0.15, -0.1) is 0 Å². The second-order valence-corrected chi connectivity index (χ2v) is 4.49. The summed E-state index contributed by atoms with van der Waals surface area (Å²) in [4.78, 5) is 11.7. The Bertz CT molecular complexity index is 368. The van der Waals surface area contributed by atoms with Crippen molar-refractivity contribution in [1.82, 2.24) is 10.5 Å². The third-order valence-corrected chi connectivity index (χ3v) is 2.75. The lowest BCUT2D eigenvalue weighted by atomic mass is 9.96. The van der Waals surface area contributed by atoms with Crippen LogP contribution in [0.4, 0.5) is 0 Å². The van der Waals surface area contributed by atoms with Crippen LogP contribution in [0, 0.1) is 13.8 Å². The van der Waals surface area contributed by atoms with Crippen molar-refractivity contribution in [2.24, 2.45) is 0 Å². The van der Waals surface area contributed by atoms with Crippen molar-refractivity contribution in [2.75, 3.05) is 6.61 Å². The number of nitrogens with zero attached hydrogens (tertiary/aromatic N) is 1. The van der Waals surface area contributed by atoms with E-state index in [1.807, 2.05) is 20.8 Å². The molecule has 5 nitrogen and oxygen atoms in total. The average Bonchev–Trinajstić information content (AvgIpc) is 2.57. The van der Waals surface area contributed by atoms with Crippen molar-refractivity contribution in [1.29, 1.82) is 0 Å². The molecule has 1 amide bonds. The molecule has 2 N–H and O–H groups in total. The van der Waals surface area contributed by atoms with Gasteiger partial charge in [-0.25, -0.2) is 0 Å². The Balaban J connectivity index is 2.61. The molecule has 1 aromatic rings. The van der Waals surface area contributed by atoms with Crippen molar-refractivity contribution in [2.45, 2.75) is 46.1 Å². The third-order valence-electron chi connectivity index (χ3n) is 2.75. The zero-order chi connectivity index (χ0) is 13.0. The van der Waals surface area contributed by atoms with E-state index < -0.39 is 0 Å². The lowest BCUT2D eigenvalue weighted by Crippen LogP contribution is -2.35. The summed E-state index contributed by atoms with van der Waals surface area (Å²) in [6, 6.07) is -0.209. The first-order chi connectivity index (χ1) is 7.95. The fraction of sp³-hybridized carbons (Fsp3) is 0.667. The molecule has 0 saturated carbocycles. The van der Waals surface area contributed by atoms with Crippen LogP contribution < -0.4 is 5.32 Å². The molecule has 0 aliphatic carbocycles. The van der Waals surface area contributed by atoms with Crippen LogP contribution in [0.3, 0.4) is 0 Å². The van der Waals surface area contributed by atoms with E-state index in [1.54, 1.807) is 6.92 Å². The van der Waals surface area contributed by atoms with E-state index in [4.69, 9.17) is 9.63 Å². The van der Waals surface area contributed by atoms with Crippen LogP contribution >= 0.6 is 0 Å². The summed E-state index contributed by atoms with van der Waals surface area (Å²) >= 11 is 0. The van der Waals surface area contributed by atoms with Crippen LogP contribution in [0.1, 0.15) is 43.2 Å². The zero-order valence-electron chi connectivity index (χ0n) is 10.8. The molecule has 1 heterocycles. The van der Waals surface area contributed by atoms with Crippen molar-refractivity contribution in [3.63, 3.8) is 0 Å². The minimum Gasteiger partial charge on any atom is -0.394 e. The molecule has 17 heavy (non-hydrogen) atoms. The summed E-state index contributed by atoms with van der Waals surface area (Å²) in [6.45, 7) is 7.40. The van der Waals surface area contributed by atoms with Gasteiger partial charge in [0.2, 0.25) is 5.91 Å². The number of hydrogen-bond acceptors (Lipinski definition) is 4. The first-order valence-corrected chi connectivity index (χ1v) is 5.78. The SMILES string of the molecule is Cc1noc(C)c1C(C)CC(=O)NC(C)CO. The molecule has 5 heteroatoms. The number of carbonyl (C=O) groups excluding carboxylic acids is 1. The Morgan fingerprint density at radius 2 is 2.12 bits per heavy atom. The number of aromatic nitrogens is 1. The molecule has 0 aliphatic rings. The number of aliphatic hydroxyl groups excluding tert-OH is 1. The molecule has 0 bridgehead atoms. The van der Waals surface area contributed by atoms with Crippen LogP contribution in [0.25, 0.3) is 0 Å². The maximum absolute atomic E-state index is 11.7. The predicted octanol–water partition coefficient (Wildman–Crippen LogP) is 1.28. The van der Waals surface area contributed by atoms with Gasteiger partial charge >= 0.3 is 0 Å². The molecule has 0 fully saturated rings. The Hall–Kier alpha value is -1.36. The van der Waals surface area contributed by atoms with Crippen molar-refractivity contribution >= 4 is 5.91 Å². The zero-order valence-corrected chi connectivity index (χ0v) is 10.8. The third kappa shape index (κ3) is 3.56. The van der Waals surface area contributed by atoms with E-state index >= 15 is 0 Å². The quantitative estimate of drug-likeness (QED) is 0.813. The van der Waals surface area contributed by atoms with Gasteiger partial charge in [0.1, 0.15) is 5.76 Å². The van der Waals surface area contributed by atoms with Crippen LogP contribution in [0.5, 0.6) is 0 Å². The molecule has 1 rings (SSSR count). The van der Waals surface area contributed by atoms with Crippen LogP contribution in [0.2, 0.25) is 0 Å². The number of nitrogens with one attached hydrogen (secondary N) is 1. The van der Waals surface area contributed by atoms with Crippen molar-refractivity contribution in [3.05, 3.63) is 17.0 Å². The Morgan fingerprint density at radius 3 is 2.59 bits per heavy atom. The van der Waals surface area contributed by atoms with E-state index in [0.29, 0.717) is 6.42 Å². The van der Waals surface area contributed by atoms with Gasteiger partial charge < -0.3 is 14.9 Å². The largest absolute Gasteiger partial charge is 0.394 e. The van der Waals surface area contributed by atoms with Gasteiger partial charge in [0, 0.05) is 18.0 Å². The van der Waals surface area contributed by atoms with E-state index in [1.165, 1.54) is 0 Å². The summed E-state index contributed by atoms with van der Waals surface area (Å²) in [6.07, 6.45) is 0.368. The standard InChI is InChI=1S/C12H20N2O3/c1-7(5-11(16)13-8(2)6-15)12-9(3)14-17-10(12)4/h7-8,15H,5-6H2,1-4H3,(H,13,16). The number of aliphatic hydroxyl groups is 1. The number of amides is 1. The second kappa shape index (κ2) is 5.82. The Kier molecular flexibility index (Phi) is 4.69. The average molecular weight is 240 g/mol. The molecular weight excluding hydrogens is 220 g/mol. The van der Waals surface area contributed by atoms with Crippen LogP contribution in [0.15, 0.2) is 4.52 Å². The van der Waals surface area contributed by atoms with E-state index in [0.717, 1.165) is 17.0 Å². The first kappa shape index (κ1) is 13.7. The summed E-state index contributed by atoms with van der Waals surface area (Å²) in [5.74, 6) is 0.754. The van der Waals surface area contributed by atoms with Gasteiger partial charge in [-0.1, -0.05) is 12.1 Å². The molecule has 0 aliphatic heterocycles. The minimum atomic E-state index is -0.209. The predicted molar refractivity (Wildman–Crippen MR) is 63.7 cm³/mol. The fourth-order valence-electron chi connectivity index (χ4n) is 1.95. The molecule has 0 saturated heterocycles. The summed E-state index contributed by atoms with van der Waals surface area (Å²) in [5, 5.41) is 15.4. The van der Waals surface area contributed by atoms with Crippen LogP contribution in [-0.2, 0) is 4.79 Å². The maximum Gasteiger partial charge on any atom is 0.220 e. The number of rotatable bonds is 5. The summed E-state index contributed by atoms with van der Waals surface area (Å²) in [5.41, 5.74) is 1.83. The smallest absolute Gasteiger partial charge is 0.220 e. The van der Waals surface area contributed by atoms with E-state index in [-0.39, 0.29) is 24.5 Å². The molecule has 1 aromatic heterocycles. The lowest BCUT2D eigenvalue weighted by molar-refractivity contribution is -0.122. The van der Waals surface area contributed by atoms with Gasteiger partial charge in [-0.05, 0) is 26.7 Å². The molecule has 96 valence electrons. The minimum absolute atomic E-state index is 0.0502. The molecule has 0 spiro atoms. The van der Waals surface area contributed by atoms with E-state index in [2.05, 4.69) is 10.5 Å². The van der Waals surface area contributed by atoms with Crippen LogP contribution in [-0.4, -0.2) is 28.8 Å². The maximum atomic E-state index is 11.7. The van der Waals surface area contributed by atoms with Gasteiger partial charge in [0.15, 0.2) is 0 Å². The Labute approximate surface area is 101 Å². The monoisotopic (exact) mass is 240 g/mol. The lowest BCUT2D eigenvalue weighted by Gasteiger charge is -2.14. The highest BCUT2D eigenvalue weighted by molar-refractivity contribution is 5.77. The summed E-state index contributed by atoms with van der Waals surface area (Å²) in [7, 11) is 0. The topological polar surface area (TPSA) is 75.4 Å². The molecule has 2 unspecified atom stereocenters. The van der Waals surface area contributed by atoms with Gasteiger partial charge in [-0.3, -0.25) is 4.79 Å². The molecule has 0 aromatic carbocycles. The molecule has 0 radical (unpaired) electrons. The Morgan fingerprint density at radius 1 is 1.47 bits per heavy atom. The normalized spacial score (nSPS) is 14.4. The van der Waals surface area contributed by atoms with Crippen molar-refractivity contribution in [3.8, 4) is 0 Å². The fourth-order valence-corrected chi connectivity index (χ4v) is 1.95. The van der Waals surface area contributed by atoms with Crippen molar-refractivity contribution < 1.29 is 14.4 Å². The van der Waals surface area contributed by atoms with Gasteiger partial charge in [-0.2, -0.15) is 0 Å². The first-order valence-electron chi connectivity index (χ1n) is 5.78. The molecular formula is C12H20N2O3. The highest BCUT2D eigenvalue weighted by Gasteiger charge is 2.19. The van der Waals surface area contributed by atoms with E-state index in [9.17, 15) is 4.79 Å². The summed E-state index contributed by atoms with van der Waals surface area (Å²) < 4.78 is 5.08. The number of aryl methyl sites for hydroxylation is 2.